The van der Waals surface area contributed by atoms with Crippen molar-refractivity contribution in [1.29, 1.82) is 0 Å². The number of hydrogen-bond donors (Lipinski definition) is 0. The maximum atomic E-state index is 12.6. The molecule has 0 spiro atoms. The molecule has 1 amide bonds. The smallest absolute Gasteiger partial charge is 0.246 e. The van der Waals surface area contributed by atoms with E-state index < -0.39 is 0 Å². The van der Waals surface area contributed by atoms with E-state index >= 15 is 0 Å². The SMILES string of the molecule is CCCCn1nc(C)c(C=CC(=O)N2CCN(c3ccccc3)CC2)c1Cl. The van der Waals surface area contributed by atoms with E-state index in [1.165, 1.54) is 5.69 Å². The van der Waals surface area contributed by atoms with Gasteiger partial charge in [0.15, 0.2) is 0 Å². The standard InChI is InChI=1S/C21H27ClN4O/c1-3-4-12-26-21(22)19(17(2)23-26)10-11-20(27)25-15-13-24(14-16-25)18-8-6-5-7-9-18/h5-11H,3-4,12-16H2,1-2H3. The van der Waals surface area contributed by atoms with Crippen molar-refractivity contribution in [2.45, 2.75) is 33.2 Å². The maximum Gasteiger partial charge on any atom is 0.246 e. The zero-order valence-corrected chi connectivity index (χ0v) is 16.8. The molecule has 27 heavy (non-hydrogen) atoms. The van der Waals surface area contributed by atoms with Crippen LogP contribution in [-0.4, -0.2) is 46.8 Å². The molecule has 0 bridgehead atoms. The second kappa shape index (κ2) is 9.09. The van der Waals surface area contributed by atoms with Crippen molar-refractivity contribution in [2.75, 3.05) is 31.1 Å². The van der Waals surface area contributed by atoms with Crippen LogP contribution in [0.25, 0.3) is 6.08 Å². The molecule has 0 unspecified atom stereocenters. The Hall–Kier alpha value is -2.27. The Bertz CT molecular complexity index is 792. The summed E-state index contributed by atoms with van der Waals surface area (Å²) in [5.41, 5.74) is 2.90. The van der Waals surface area contributed by atoms with Crippen molar-refractivity contribution < 1.29 is 4.79 Å². The fraction of sp³-hybridized carbons (Fsp3) is 0.429. The Balaban J connectivity index is 1.59. The second-order valence-corrected chi connectivity index (χ2v) is 7.21. The van der Waals surface area contributed by atoms with Gasteiger partial charge in [0.05, 0.1) is 5.69 Å². The quantitative estimate of drug-likeness (QED) is 0.704. The summed E-state index contributed by atoms with van der Waals surface area (Å²) < 4.78 is 1.82. The van der Waals surface area contributed by atoms with Crippen LogP contribution in [0.5, 0.6) is 0 Å². The van der Waals surface area contributed by atoms with Gasteiger partial charge in [0.25, 0.3) is 0 Å². The van der Waals surface area contributed by atoms with E-state index in [1.54, 1.807) is 12.2 Å². The minimum Gasteiger partial charge on any atom is -0.368 e. The summed E-state index contributed by atoms with van der Waals surface area (Å²) in [6.07, 6.45) is 5.56. The molecule has 2 aromatic rings. The largest absolute Gasteiger partial charge is 0.368 e. The summed E-state index contributed by atoms with van der Waals surface area (Å²) in [7, 11) is 0. The lowest BCUT2D eigenvalue weighted by Crippen LogP contribution is -2.48. The summed E-state index contributed by atoms with van der Waals surface area (Å²) in [6, 6.07) is 10.3. The maximum absolute atomic E-state index is 12.6. The predicted molar refractivity (Wildman–Crippen MR) is 111 cm³/mol. The topological polar surface area (TPSA) is 41.4 Å². The first-order valence-electron chi connectivity index (χ1n) is 9.60. The molecule has 1 aliphatic rings. The van der Waals surface area contributed by atoms with Crippen LogP contribution in [0.4, 0.5) is 5.69 Å². The molecular weight excluding hydrogens is 360 g/mol. The summed E-state index contributed by atoms with van der Waals surface area (Å²) in [5.74, 6) is 0.0273. The van der Waals surface area contributed by atoms with Gasteiger partial charge in [0.2, 0.25) is 5.91 Å². The number of carbonyl (C=O) groups excluding carboxylic acids is 1. The van der Waals surface area contributed by atoms with Crippen LogP contribution < -0.4 is 4.90 Å². The van der Waals surface area contributed by atoms with Gasteiger partial charge in [-0.3, -0.25) is 9.48 Å². The molecule has 0 aliphatic carbocycles. The number of amides is 1. The van der Waals surface area contributed by atoms with E-state index in [4.69, 9.17) is 11.6 Å². The van der Waals surface area contributed by atoms with Crippen molar-refractivity contribution in [2.24, 2.45) is 0 Å². The lowest BCUT2D eigenvalue weighted by Gasteiger charge is -2.35. The minimum absolute atomic E-state index is 0.0273. The van der Waals surface area contributed by atoms with Gasteiger partial charge in [-0.25, -0.2) is 0 Å². The first-order chi connectivity index (χ1) is 13.1. The lowest BCUT2D eigenvalue weighted by atomic mass is 10.2. The molecule has 1 aromatic carbocycles. The molecular formula is C21H27ClN4O. The number of aromatic nitrogens is 2. The third-order valence-electron chi connectivity index (χ3n) is 4.94. The van der Waals surface area contributed by atoms with E-state index in [0.29, 0.717) is 5.15 Å². The van der Waals surface area contributed by atoms with Crippen LogP contribution >= 0.6 is 11.6 Å². The molecule has 0 saturated carbocycles. The Morgan fingerprint density at radius 3 is 2.56 bits per heavy atom. The monoisotopic (exact) mass is 386 g/mol. The van der Waals surface area contributed by atoms with Crippen LogP contribution in [0.15, 0.2) is 36.4 Å². The normalized spacial score (nSPS) is 14.9. The molecule has 0 atom stereocenters. The van der Waals surface area contributed by atoms with Gasteiger partial charge in [-0.2, -0.15) is 5.10 Å². The zero-order valence-electron chi connectivity index (χ0n) is 16.1. The molecule has 0 N–H and O–H groups in total. The summed E-state index contributed by atoms with van der Waals surface area (Å²) >= 11 is 6.44. The van der Waals surface area contributed by atoms with Crippen LogP contribution in [0.3, 0.4) is 0 Å². The number of nitrogens with zero attached hydrogens (tertiary/aromatic N) is 4. The molecule has 2 heterocycles. The highest BCUT2D eigenvalue weighted by Gasteiger charge is 2.20. The van der Waals surface area contributed by atoms with Gasteiger partial charge in [-0.05, 0) is 31.6 Å². The number of rotatable bonds is 6. The van der Waals surface area contributed by atoms with Gasteiger partial charge >= 0.3 is 0 Å². The van der Waals surface area contributed by atoms with E-state index in [0.717, 1.165) is 56.8 Å². The first-order valence-corrected chi connectivity index (χ1v) is 9.98. The Kier molecular flexibility index (Phi) is 6.56. The molecule has 6 heteroatoms. The first kappa shape index (κ1) is 19.5. The summed E-state index contributed by atoms with van der Waals surface area (Å²) in [6.45, 7) is 8.01. The number of hydrogen-bond acceptors (Lipinski definition) is 3. The Morgan fingerprint density at radius 2 is 1.89 bits per heavy atom. The number of aryl methyl sites for hydroxylation is 2. The highest BCUT2D eigenvalue weighted by Crippen LogP contribution is 2.22. The summed E-state index contributed by atoms with van der Waals surface area (Å²) in [4.78, 5) is 16.8. The average Bonchev–Trinajstić information content (AvgIpc) is 2.98. The molecule has 1 aliphatic heterocycles. The fourth-order valence-corrected chi connectivity index (χ4v) is 3.62. The molecule has 5 nitrogen and oxygen atoms in total. The van der Waals surface area contributed by atoms with Crippen molar-refractivity contribution in [3.8, 4) is 0 Å². The number of unbranched alkanes of at least 4 members (excludes halogenated alkanes) is 1. The Morgan fingerprint density at radius 1 is 1.19 bits per heavy atom. The number of para-hydroxylation sites is 1. The number of halogens is 1. The van der Waals surface area contributed by atoms with Crippen molar-refractivity contribution in [1.82, 2.24) is 14.7 Å². The third kappa shape index (κ3) is 4.72. The Labute approximate surface area is 166 Å². The van der Waals surface area contributed by atoms with Crippen LogP contribution in [-0.2, 0) is 11.3 Å². The van der Waals surface area contributed by atoms with Gasteiger partial charge in [0.1, 0.15) is 5.15 Å². The van der Waals surface area contributed by atoms with E-state index in [-0.39, 0.29) is 5.91 Å². The summed E-state index contributed by atoms with van der Waals surface area (Å²) in [5, 5.41) is 5.09. The number of anilines is 1. The number of carbonyl (C=O) groups is 1. The minimum atomic E-state index is 0.0273. The second-order valence-electron chi connectivity index (χ2n) is 6.85. The molecule has 1 saturated heterocycles. The van der Waals surface area contributed by atoms with Gasteiger partial charge in [0, 0.05) is 50.1 Å². The molecule has 1 aromatic heterocycles. The molecule has 1 fully saturated rings. The van der Waals surface area contributed by atoms with Gasteiger partial charge < -0.3 is 9.80 Å². The van der Waals surface area contributed by atoms with Gasteiger partial charge in [-0.15, -0.1) is 0 Å². The van der Waals surface area contributed by atoms with E-state index in [1.807, 2.05) is 34.7 Å². The fourth-order valence-electron chi connectivity index (χ4n) is 3.30. The van der Waals surface area contributed by atoms with Crippen LogP contribution in [0.2, 0.25) is 5.15 Å². The van der Waals surface area contributed by atoms with Crippen LogP contribution in [0, 0.1) is 6.92 Å². The highest BCUT2D eigenvalue weighted by atomic mass is 35.5. The molecule has 0 radical (unpaired) electrons. The predicted octanol–water partition coefficient (Wildman–Crippen LogP) is 4.01. The molecule has 144 valence electrons. The number of benzene rings is 1. The number of piperazine rings is 1. The van der Waals surface area contributed by atoms with Crippen LogP contribution in [0.1, 0.15) is 31.0 Å². The molecule has 3 rings (SSSR count). The average molecular weight is 387 g/mol. The third-order valence-corrected chi connectivity index (χ3v) is 5.34. The van der Waals surface area contributed by atoms with E-state index in [2.05, 4.69) is 29.1 Å². The van der Waals surface area contributed by atoms with Crippen molar-refractivity contribution >= 4 is 29.3 Å². The lowest BCUT2D eigenvalue weighted by molar-refractivity contribution is -0.126. The zero-order chi connectivity index (χ0) is 19.2. The highest BCUT2D eigenvalue weighted by molar-refractivity contribution is 6.31. The van der Waals surface area contributed by atoms with Crippen molar-refractivity contribution in [3.05, 3.63) is 52.8 Å². The van der Waals surface area contributed by atoms with Gasteiger partial charge in [-0.1, -0.05) is 43.1 Å². The van der Waals surface area contributed by atoms with Crippen molar-refractivity contribution in [3.63, 3.8) is 0 Å². The van der Waals surface area contributed by atoms with E-state index in [9.17, 15) is 4.79 Å².